The lowest BCUT2D eigenvalue weighted by atomic mass is 9.86. The Labute approximate surface area is 119 Å². The van der Waals surface area contributed by atoms with Crippen LogP contribution in [0.4, 0.5) is 0 Å². The second-order valence-electron chi connectivity index (χ2n) is 4.89. The Kier molecular flexibility index (Phi) is 4.15. The maximum Gasteiger partial charge on any atom is 0.330 e. The van der Waals surface area contributed by atoms with E-state index >= 15 is 0 Å². The summed E-state index contributed by atoms with van der Waals surface area (Å²) < 4.78 is 29.3. The zero-order chi connectivity index (χ0) is 14.8. The number of carbonyl (C=O) groups is 1. The van der Waals surface area contributed by atoms with Crippen molar-refractivity contribution in [2.45, 2.75) is 30.2 Å². The van der Waals surface area contributed by atoms with Gasteiger partial charge in [-0.25, -0.2) is 13.2 Å². The number of fused-ring (bicyclic) bond motifs is 1. The van der Waals surface area contributed by atoms with E-state index in [1.165, 1.54) is 7.11 Å². The minimum atomic E-state index is -3.33. The molecule has 1 atom stereocenters. The van der Waals surface area contributed by atoms with E-state index in [2.05, 4.69) is 5.32 Å². The average Bonchev–Trinajstić information content (AvgIpc) is 2.46. The van der Waals surface area contributed by atoms with E-state index in [1.807, 2.05) is 6.92 Å². The monoisotopic (exact) mass is 297 g/mol. The summed E-state index contributed by atoms with van der Waals surface area (Å²) in [6.07, 6.45) is 1.03. The maximum atomic E-state index is 12.3. The summed E-state index contributed by atoms with van der Waals surface area (Å²) in [7, 11) is -2.00. The first-order valence-corrected chi connectivity index (χ1v) is 8.29. The fourth-order valence-corrected chi connectivity index (χ4v) is 4.26. The third-order valence-electron chi connectivity index (χ3n) is 3.64. The number of ether oxygens (including phenoxy) is 1. The zero-order valence-electron chi connectivity index (χ0n) is 11.7. The molecule has 6 heteroatoms. The molecule has 1 aromatic rings. The van der Waals surface area contributed by atoms with Crippen molar-refractivity contribution < 1.29 is 17.9 Å². The molecule has 0 amide bonds. The first-order valence-electron chi connectivity index (χ1n) is 6.63. The van der Waals surface area contributed by atoms with Crippen LogP contribution in [-0.2, 0) is 24.9 Å². The molecule has 20 heavy (non-hydrogen) atoms. The number of methoxy groups -OCH3 is 1. The van der Waals surface area contributed by atoms with Gasteiger partial charge in [0, 0.05) is 5.56 Å². The second kappa shape index (κ2) is 5.54. The van der Waals surface area contributed by atoms with Crippen molar-refractivity contribution in [3.05, 3.63) is 29.8 Å². The molecule has 110 valence electrons. The highest BCUT2D eigenvalue weighted by Gasteiger charge is 2.48. The van der Waals surface area contributed by atoms with Crippen LogP contribution in [0.1, 0.15) is 25.3 Å². The van der Waals surface area contributed by atoms with Crippen LogP contribution < -0.4 is 5.32 Å². The van der Waals surface area contributed by atoms with Crippen molar-refractivity contribution in [3.8, 4) is 0 Å². The van der Waals surface area contributed by atoms with Crippen molar-refractivity contribution in [1.29, 1.82) is 0 Å². The van der Waals surface area contributed by atoms with Gasteiger partial charge in [0.15, 0.2) is 9.84 Å². The molecule has 1 heterocycles. The topological polar surface area (TPSA) is 72.5 Å². The molecule has 0 radical (unpaired) electrons. The summed E-state index contributed by atoms with van der Waals surface area (Å²) in [5, 5.41) is 3.19. The molecule has 1 aromatic carbocycles. The summed E-state index contributed by atoms with van der Waals surface area (Å²) >= 11 is 0. The van der Waals surface area contributed by atoms with Gasteiger partial charge in [0.05, 0.1) is 17.8 Å². The highest BCUT2D eigenvalue weighted by Crippen LogP contribution is 2.37. The molecule has 5 nitrogen and oxygen atoms in total. The minimum absolute atomic E-state index is 0.0597. The Bertz CT molecular complexity index is 611. The number of hydrogen-bond acceptors (Lipinski definition) is 5. The summed E-state index contributed by atoms with van der Waals surface area (Å²) in [6.45, 7) is 2.60. The van der Waals surface area contributed by atoms with Gasteiger partial charge in [0.2, 0.25) is 0 Å². The Morgan fingerprint density at radius 2 is 2.10 bits per heavy atom. The van der Waals surface area contributed by atoms with E-state index in [9.17, 15) is 13.2 Å². The first-order chi connectivity index (χ1) is 9.48. The van der Waals surface area contributed by atoms with Crippen molar-refractivity contribution in [3.63, 3.8) is 0 Å². The van der Waals surface area contributed by atoms with Crippen LogP contribution in [-0.4, -0.2) is 33.8 Å². The van der Waals surface area contributed by atoms with Gasteiger partial charge in [-0.1, -0.05) is 25.1 Å². The number of carbonyl (C=O) groups excluding carboxylic acids is 1. The maximum absolute atomic E-state index is 12.3. The predicted molar refractivity (Wildman–Crippen MR) is 75.1 cm³/mol. The third-order valence-corrected chi connectivity index (χ3v) is 5.41. The summed E-state index contributed by atoms with van der Waals surface area (Å²) in [5.74, 6) is -0.496. The molecule has 0 fully saturated rings. The van der Waals surface area contributed by atoms with Crippen molar-refractivity contribution >= 4 is 15.8 Å². The molecule has 0 aromatic heterocycles. The lowest BCUT2D eigenvalue weighted by molar-refractivity contribution is -0.149. The largest absolute Gasteiger partial charge is 0.467 e. The van der Waals surface area contributed by atoms with Crippen molar-refractivity contribution in [2.24, 2.45) is 0 Å². The number of hydrogen-bond donors (Lipinski definition) is 1. The SMILES string of the molecule is CCCNC1(C(=O)OC)CCS(=O)(=O)c2ccccc21. The highest BCUT2D eigenvalue weighted by atomic mass is 32.2. The van der Waals surface area contributed by atoms with E-state index in [0.717, 1.165) is 6.42 Å². The Morgan fingerprint density at radius 1 is 1.40 bits per heavy atom. The van der Waals surface area contributed by atoms with Gasteiger partial charge in [-0.3, -0.25) is 5.32 Å². The van der Waals surface area contributed by atoms with Crippen LogP contribution in [0, 0.1) is 0 Å². The van der Waals surface area contributed by atoms with E-state index in [-0.39, 0.29) is 17.1 Å². The Balaban J connectivity index is 2.62. The second-order valence-corrected chi connectivity index (χ2v) is 6.97. The zero-order valence-corrected chi connectivity index (χ0v) is 12.5. The van der Waals surface area contributed by atoms with Gasteiger partial charge >= 0.3 is 5.97 Å². The Morgan fingerprint density at radius 3 is 2.75 bits per heavy atom. The van der Waals surface area contributed by atoms with Gasteiger partial charge in [0.1, 0.15) is 5.54 Å². The van der Waals surface area contributed by atoms with Crippen LogP contribution in [0.15, 0.2) is 29.2 Å². The number of nitrogens with one attached hydrogen (secondary N) is 1. The number of sulfone groups is 1. The molecular formula is C14H19NO4S. The van der Waals surface area contributed by atoms with Gasteiger partial charge in [-0.15, -0.1) is 0 Å². The first kappa shape index (κ1) is 15.0. The minimum Gasteiger partial charge on any atom is -0.467 e. The Hall–Kier alpha value is -1.40. The molecule has 0 saturated heterocycles. The molecule has 0 aliphatic carbocycles. The van der Waals surface area contributed by atoms with Crippen LogP contribution in [0.3, 0.4) is 0 Å². The lowest BCUT2D eigenvalue weighted by Gasteiger charge is -2.37. The number of rotatable bonds is 4. The van der Waals surface area contributed by atoms with Crippen LogP contribution in [0.2, 0.25) is 0 Å². The van der Waals surface area contributed by atoms with E-state index in [4.69, 9.17) is 4.74 Å². The fraction of sp³-hybridized carbons (Fsp3) is 0.500. The third kappa shape index (κ3) is 2.33. The van der Waals surface area contributed by atoms with Gasteiger partial charge in [-0.2, -0.15) is 0 Å². The molecular weight excluding hydrogens is 278 g/mol. The molecule has 1 aliphatic heterocycles. The van der Waals surface area contributed by atoms with Gasteiger partial charge in [0.25, 0.3) is 0 Å². The molecule has 2 rings (SSSR count). The van der Waals surface area contributed by atoms with Crippen LogP contribution in [0.25, 0.3) is 0 Å². The van der Waals surface area contributed by atoms with Crippen LogP contribution >= 0.6 is 0 Å². The van der Waals surface area contributed by atoms with Gasteiger partial charge < -0.3 is 4.74 Å². The predicted octanol–water partition coefficient (Wildman–Crippen LogP) is 1.23. The molecule has 1 unspecified atom stereocenters. The molecule has 0 bridgehead atoms. The molecule has 1 N–H and O–H groups in total. The molecule has 1 aliphatic rings. The average molecular weight is 297 g/mol. The highest BCUT2D eigenvalue weighted by molar-refractivity contribution is 7.91. The summed E-state index contributed by atoms with van der Waals surface area (Å²) in [4.78, 5) is 12.5. The van der Waals surface area contributed by atoms with Gasteiger partial charge in [-0.05, 0) is 25.5 Å². The standard InChI is InChI=1S/C14H19NO4S/c1-3-9-15-14(13(16)19-2)8-10-20(17,18)12-7-5-4-6-11(12)14/h4-7,15H,3,8-10H2,1-2H3. The van der Waals surface area contributed by atoms with Crippen molar-refractivity contribution in [1.82, 2.24) is 5.32 Å². The lowest BCUT2D eigenvalue weighted by Crippen LogP contribution is -2.53. The number of benzene rings is 1. The van der Waals surface area contributed by atoms with Crippen LogP contribution in [0.5, 0.6) is 0 Å². The smallest absolute Gasteiger partial charge is 0.330 e. The normalized spacial score (nSPS) is 23.9. The van der Waals surface area contributed by atoms with E-state index in [0.29, 0.717) is 12.1 Å². The van der Waals surface area contributed by atoms with E-state index in [1.54, 1.807) is 24.3 Å². The quantitative estimate of drug-likeness (QED) is 0.846. The van der Waals surface area contributed by atoms with E-state index < -0.39 is 21.3 Å². The molecule has 0 saturated carbocycles. The summed E-state index contributed by atoms with van der Waals surface area (Å²) in [5.41, 5.74) is -0.571. The number of esters is 1. The van der Waals surface area contributed by atoms with Crippen molar-refractivity contribution in [2.75, 3.05) is 19.4 Å². The fourth-order valence-electron chi connectivity index (χ4n) is 2.60. The summed E-state index contributed by atoms with van der Waals surface area (Å²) in [6, 6.07) is 6.65. The molecule has 0 spiro atoms.